The van der Waals surface area contributed by atoms with Gasteiger partial charge < -0.3 is 9.30 Å². The number of hydrogen-bond acceptors (Lipinski definition) is 5. The summed E-state index contributed by atoms with van der Waals surface area (Å²) in [5.41, 5.74) is -0.0737. The highest BCUT2D eigenvalue weighted by molar-refractivity contribution is 8.00. The Morgan fingerprint density at radius 2 is 1.83 bits per heavy atom. The highest BCUT2D eigenvalue weighted by atomic mass is 35.5. The zero-order valence-electron chi connectivity index (χ0n) is 17.5. The highest BCUT2D eigenvalue weighted by Gasteiger charge is 2.55. The number of rotatable bonds is 7. The van der Waals surface area contributed by atoms with Gasteiger partial charge in [-0.3, -0.25) is 4.79 Å². The van der Waals surface area contributed by atoms with Crippen molar-refractivity contribution in [2.45, 2.75) is 62.5 Å². The van der Waals surface area contributed by atoms with Gasteiger partial charge in [0.1, 0.15) is 12.4 Å². The van der Waals surface area contributed by atoms with Gasteiger partial charge in [0.05, 0.1) is 10.3 Å². The Kier molecular flexibility index (Phi) is 5.34. The number of para-hydroxylation sites is 1. The second-order valence-corrected chi connectivity index (χ2v) is 11.2. The monoisotopic (exact) mass is 445 g/mol. The van der Waals surface area contributed by atoms with E-state index < -0.39 is 0 Å². The molecular weight excluding hydrogens is 418 g/mol. The molecule has 4 bridgehead atoms. The van der Waals surface area contributed by atoms with E-state index in [1.807, 2.05) is 36.7 Å². The Hall–Kier alpha value is -1.53. The van der Waals surface area contributed by atoms with Crippen LogP contribution >= 0.6 is 23.4 Å². The molecule has 1 aromatic carbocycles. The van der Waals surface area contributed by atoms with Gasteiger partial charge in [0.2, 0.25) is 0 Å². The summed E-state index contributed by atoms with van der Waals surface area (Å²) in [6.45, 7) is 2.32. The summed E-state index contributed by atoms with van der Waals surface area (Å²) in [6.07, 6.45) is 7.39. The number of nitrogens with zero attached hydrogens (tertiary/aromatic N) is 3. The van der Waals surface area contributed by atoms with Gasteiger partial charge in [-0.15, -0.1) is 10.2 Å². The van der Waals surface area contributed by atoms with Crippen LogP contribution in [-0.2, 0) is 18.4 Å². The number of hydrogen-bond donors (Lipinski definition) is 0. The van der Waals surface area contributed by atoms with Gasteiger partial charge in [0.15, 0.2) is 16.8 Å². The van der Waals surface area contributed by atoms with Crippen molar-refractivity contribution in [2.75, 3.05) is 0 Å². The lowest BCUT2D eigenvalue weighted by Gasteiger charge is -2.56. The minimum Gasteiger partial charge on any atom is -0.484 e. The molecule has 4 aliphatic rings. The summed E-state index contributed by atoms with van der Waals surface area (Å²) in [5, 5.41) is 9.83. The van der Waals surface area contributed by atoms with Crippen LogP contribution in [0.15, 0.2) is 29.4 Å². The molecule has 4 saturated carbocycles. The third kappa shape index (κ3) is 3.66. The Balaban J connectivity index is 1.25. The second kappa shape index (κ2) is 7.86. The number of carbonyl (C=O) groups excluding carboxylic acids is 1. The first-order valence-corrected chi connectivity index (χ1v) is 12.2. The minimum atomic E-state index is -0.110. The number of Topliss-reactive ketones (excluding diaryl/α,β-unsaturated/α-hetero) is 1. The van der Waals surface area contributed by atoms with Crippen molar-refractivity contribution < 1.29 is 9.53 Å². The van der Waals surface area contributed by atoms with Crippen molar-refractivity contribution in [1.29, 1.82) is 0 Å². The average Bonchev–Trinajstić information content (AvgIpc) is 3.05. The van der Waals surface area contributed by atoms with Crippen molar-refractivity contribution in [3.63, 3.8) is 0 Å². The number of benzene rings is 1. The molecule has 4 fully saturated rings. The number of thioether (sulfide) groups is 1. The van der Waals surface area contributed by atoms with E-state index in [9.17, 15) is 4.79 Å². The van der Waals surface area contributed by atoms with Gasteiger partial charge in [-0.2, -0.15) is 0 Å². The van der Waals surface area contributed by atoms with E-state index >= 15 is 0 Å². The van der Waals surface area contributed by atoms with Crippen molar-refractivity contribution in [1.82, 2.24) is 14.8 Å². The van der Waals surface area contributed by atoms with Crippen LogP contribution in [0.4, 0.5) is 0 Å². The fourth-order valence-corrected chi connectivity index (χ4v) is 7.55. The molecule has 30 heavy (non-hydrogen) atoms. The molecule has 7 heteroatoms. The minimum absolute atomic E-state index is 0.0737. The zero-order chi connectivity index (χ0) is 20.9. The molecule has 2 aromatic rings. The van der Waals surface area contributed by atoms with Crippen molar-refractivity contribution >= 4 is 29.1 Å². The van der Waals surface area contributed by atoms with Gasteiger partial charge in [0, 0.05) is 12.5 Å². The second-order valence-electron chi connectivity index (χ2n) is 9.50. The van der Waals surface area contributed by atoms with Crippen LogP contribution in [0.25, 0.3) is 0 Å². The van der Waals surface area contributed by atoms with Gasteiger partial charge in [-0.1, -0.05) is 35.5 Å². The molecule has 0 radical (unpaired) electrons. The van der Waals surface area contributed by atoms with E-state index in [1.165, 1.54) is 31.0 Å². The van der Waals surface area contributed by atoms with E-state index in [-0.39, 0.29) is 17.3 Å². The molecule has 0 aliphatic heterocycles. The fourth-order valence-electron chi connectivity index (χ4n) is 6.33. The maximum Gasteiger partial charge on any atom is 0.191 e. The fraction of sp³-hybridized carbons (Fsp3) is 0.609. The summed E-state index contributed by atoms with van der Waals surface area (Å²) in [4.78, 5) is 13.5. The zero-order valence-corrected chi connectivity index (χ0v) is 19.1. The van der Waals surface area contributed by atoms with Crippen LogP contribution in [0.5, 0.6) is 5.75 Å². The first kappa shape index (κ1) is 20.4. The molecule has 1 atom stereocenters. The molecule has 0 N–H and O–H groups in total. The van der Waals surface area contributed by atoms with E-state index in [0.29, 0.717) is 22.4 Å². The molecule has 1 heterocycles. The van der Waals surface area contributed by atoms with Gasteiger partial charge in [-0.25, -0.2) is 0 Å². The summed E-state index contributed by atoms with van der Waals surface area (Å²) in [5.74, 6) is 4.11. The molecule has 1 aromatic heterocycles. The molecule has 4 aliphatic carbocycles. The van der Waals surface area contributed by atoms with Crippen LogP contribution < -0.4 is 4.74 Å². The lowest BCUT2D eigenvalue weighted by molar-refractivity contribution is -0.142. The predicted octanol–water partition coefficient (Wildman–Crippen LogP) is 5.31. The largest absolute Gasteiger partial charge is 0.484 e. The third-order valence-electron chi connectivity index (χ3n) is 7.33. The Bertz CT molecular complexity index is 924. The Morgan fingerprint density at radius 1 is 1.20 bits per heavy atom. The maximum atomic E-state index is 13.5. The molecule has 0 spiro atoms. The van der Waals surface area contributed by atoms with Crippen LogP contribution in [0, 0.1) is 23.2 Å². The van der Waals surface area contributed by atoms with E-state index in [4.69, 9.17) is 16.3 Å². The van der Waals surface area contributed by atoms with Crippen LogP contribution in [-0.4, -0.2) is 25.8 Å². The number of halogens is 1. The summed E-state index contributed by atoms with van der Waals surface area (Å²) < 4.78 is 7.72. The molecule has 0 amide bonds. The smallest absolute Gasteiger partial charge is 0.191 e. The Labute approximate surface area is 186 Å². The molecule has 6 rings (SSSR count). The van der Waals surface area contributed by atoms with E-state index in [1.54, 1.807) is 6.07 Å². The third-order valence-corrected chi connectivity index (χ3v) is 8.78. The molecule has 160 valence electrons. The SMILES string of the molecule is CC(Sc1nnc(COc2ccccc2Cl)n1C)C(=O)C12CC3CC(CC(C3)C1)C2. The van der Waals surface area contributed by atoms with Gasteiger partial charge in [-0.05, 0) is 75.3 Å². The lowest BCUT2D eigenvalue weighted by atomic mass is 9.48. The van der Waals surface area contributed by atoms with E-state index in [2.05, 4.69) is 10.2 Å². The van der Waals surface area contributed by atoms with Crippen LogP contribution in [0.1, 0.15) is 51.3 Å². The normalized spacial score (nSPS) is 30.4. The van der Waals surface area contributed by atoms with Crippen molar-refractivity contribution in [3.8, 4) is 5.75 Å². The highest BCUT2D eigenvalue weighted by Crippen LogP contribution is 2.61. The molecule has 5 nitrogen and oxygen atoms in total. The first-order valence-electron chi connectivity index (χ1n) is 10.9. The molecular formula is C23H28ClN3O2S. The summed E-state index contributed by atoms with van der Waals surface area (Å²) in [6, 6.07) is 7.39. The lowest BCUT2D eigenvalue weighted by Crippen LogP contribution is -2.51. The maximum absolute atomic E-state index is 13.5. The van der Waals surface area contributed by atoms with Gasteiger partial charge >= 0.3 is 0 Å². The summed E-state index contributed by atoms with van der Waals surface area (Å²) in [7, 11) is 1.93. The molecule has 0 saturated heterocycles. The van der Waals surface area contributed by atoms with E-state index in [0.717, 1.165) is 42.2 Å². The van der Waals surface area contributed by atoms with Crippen LogP contribution in [0.2, 0.25) is 5.02 Å². The first-order chi connectivity index (χ1) is 14.4. The molecule has 1 unspecified atom stereocenters. The summed E-state index contributed by atoms with van der Waals surface area (Å²) >= 11 is 7.69. The van der Waals surface area contributed by atoms with Gasteiger partial charge in [0.25, 0.3) is 0 Å². The number of ketones is 1. The topological polar surface area (TPSA) is 57.0 Å². The van der Waals surface area contributed by atoms with Crippen molar-refractivity contribution in [3.05, 3.63) is 35.1 Å². The number of carbonyl (C=O) groups is 1. The standard InChI is InChI=1S/C23H28ClN3O2S/c1-14(21(28)23-10-15-7-16(11-23)9-17(8-15)12-23)30-22-26-25-20(27(22)2)13-29-19-6-4-3-5-18(19)24/h3-6,14-17H,7-13H2,1-2H3. The predicted molar refractivity (Wildman–Crippen MR) is 118 cm³/mol. The van der Waals surface area contributed by atoms with Crippen molar-refractivity contribution in [2.24, 2.45) is 30.2 Å². The quantitative estimate of drug-likeness (QED) is 0.540. The average molecular weight is 446 g/mol. The number of aromatic nitrogens is 3. The number of ether oxygens (including phenoxy) is 1. The van der Waals surface area contributed by atoms with Crippen LogP contribution in [0.3, 0.4) is 0 Å². The Morgan fingerprint density at radius 3 is 2.47 bits per heavy atom.